The Morgan fingerprint density at radius 2 is 1.75 bits per heavy atom. The van der Waals surface area contributed by atoms with E-state index in [0.29, 0.717) is 11.4 Å². The molecule has 9 heteroatoms. The topological polar surface area (TPSA) is 152 Å². The van der Waals surface area contributed by atoms with Crippen molar-refractivity contribution in [2.75, 3.05) is 19.6 Å². The lowest BCUT2D eigenvalue weighted by Gasteiger charge is -2.19. The van der Waals surface area contributed by atoms with Gasteiger partial charge in [-0.05, 0) is 29.7 Å². The maximum absolute atomic E-state index is 12.5. The van der Waals surface area contributed by atoms with Crippen molar-refractivity contribution < 1.29 is 9.59 Å². The minimum Gasteiger partial charge on any atom is -0.393 e. The van der Waals surface area contributed by atoms with Crippen molar-refractivity contribution in [1.29, 1.82) is 0 Å². The Hall–Kier alpha value is -4.21. The van der Waals surface area contributed by atoms with E-state index in [0.717, 1.165) is 17.5 Å². The van der Waals surface area contributed by atoms with Crippen molar-refractivity contribution in [1.82, 2.24) is 20.6 Å². The molecule has 3 rings (SSSR count). The third kappa shape index (κ3) is 7.39. The van der Waals surface area contributed by atoms with Crippen LogP contribution in [0.1, 0.15) is 34.6 Å². The molecule has 0 radical (unpaired) electrons. The molecule has 0 aliphatic rings. The normalized spacial score (nSPS) is 12.0. The summed E-state index contributed by atoms with van der Waals surface area (Å²) in [5, 5.41) is 6.84. The number of nitrogens with zero attached hydrogens (tertiary/aromatic N) is 2. The summed E-state index contributed by atoms with van der Waals surface area (Å²) < 4.78 is 0. The summed E-state index contributed by atoms with van der Waals surface area (Å²) in [6.45, 7) is 2.76. The van der Waals surface area contributed by atoms with Crippen LogP contribution >= 0.6 is 0 Å². The minimum absolute atomic E-state index is 0.0651. The zero-order valence-corrected chi connectivity index (χ0v) is 20.4. The molecule has 2 amide bonds. The summed E-state index contributed by atoms with van der Waals surface area (Å²) in [4.78, 5) is 29.5. The van der Waals surface area contributed by atoms with E-state index >= 15 is 0 Å². The van der Waals surface area contributed by atoms with Crippen LogP contribution in [-0.4, -0.2) is 41.4 Å². The lowest BCUT2D eigenvalue weighted by molar-refractivity contribution is -0.118. The standard InChI is InChI=1S/C27H33N7O2/c1-2-19-11-13-21(14-12-19)25(17-28)33-26(35)22(29)18-34(30)16-15-31-27(36)24-10-6-9-23(32-24)20-7-4-3-5-8-20/h3-14,18,25H,2,15-17,28-30H2,1H3,(H,31,36)(H,33,35)/b22-18-. The van der Waals surface area contributed by atoms with Crippen LogP contribution < -0.4 is 27.9 Å². The highest BCUT2D eigenvalue weighted by Crippen LogP contribution is 2.16. The zero-order valence-electron chi connectivity index (χ0n) is 20.4. The van der Waals surface area contributed by atoms with E-state index in [1.165, 1.54) is 16.8 Å². The quantitative estimate of drug-likeness (QED) is 0.157. The first kappa shape index (κ1) is 26.4. The Bertz CT molecular complexity index is 1180. The van der Waals surface area contributed by atoms with Crippen LogP contribution in [0.5, 0.6) is 0 Å². The van der Waals surface area contributed by atoms with Gasteiger partial charge < -0.3 is 27.1 Å². The van der Waals surface area contributed by atoms with Gasteiger partial charge in [0, 0.05) is 24.9 Å². The fraction of sp³-hybridized carbons (Fsp3) is 0.222. The van der Waals surface area contributed by atoms with Gasteiger partial charge in [0.15, 0.2) is 0 Å². The van der Waals surface area contributed by atoms with Crippen LogP contribution in [-0.2, 0) is 11.2 Å². The maximum Gasteiger partial charge on any atom is 0.269 e. The first-order valence-corrected chi connectivity index (χ1v) is 11.8. The van der Waals surface area contributed by atoms with Gasteiger partial charge in [-0.2, -0.15) is 0 Å². The van der Waals surface area contributed by atoms with Gasteiger partial charge in [0.25, 0.3) is 11.8 Å². The second kappa shape index (κ2) is 13.0. The molecule has 1 unspecified atom stereocenters. The highest BCUT2D eigenvalue weighted by molar-refractivity contribution is 5.93. The Kier molecular flexibility index (Phi) is 9.56. The van der Waals surface area contributed by atoms with E-state index in [-0.39, 0.29) is 37.3 Å². The van der Waals surface area contributed by atoms with Gasteiger partial charge in [0.2, 0.25) is 0 Å². The average Bonchev–Trinajstić information content (AvgIpc) is 2.92. The first-order valence-electron chi connectivity index (χ1n) is 11.8. The summed E-state index contributed by atoms with van der Waals surface area (Å²) in [5.74, 6) is 5.15. The Labute approximate surface area is 211 Å². The second-order valence-electron chi connectivity index (χ2n) is 8.21. The first-order chi connectivity index (χ1) is 17.4. The lowest BCUT2D eigenvalue weighted by atomic mass is 10.0. The van der Waals surface area contributed by atoms with E-state index in [1.807, 2.05) is 60.7 Å². The van der Waals surface area contributed by atoms with Crippen molar-refractivity contribution in [3.05, 3.63) is 102 Å². The molecule has 0 aliphatic carbocycles. The number of rotatable bonds is 11. The Balaban J connectivity index is 1.50. The minimum atomic E-state index is -0.480. The molecular formula is C27H33N7O2. The van der Waals surface area contributed by atoms with Crippen LogP contribution in [0.3, 0.4) is 0 Å². The lowest BCUT2D eigenvalue weighted by Crippen LogP contribution is -2.39. The molecule has 0 saturated heterocycles. The fourth-order valence-electron chi connectivity index (χ4n) is 3.53. The highest BCUT2D eigenvalue weighted by atomic mass is 16.2. The third-order valence-electron chi connectivity index (χ3n) is 5.61. The summed E-state index contributed by atoms with van der Waals surface area (Å²) in [6, 6.07) is 22.4. The average molecular weight is 488 g/mol. The number of pyridine rings is 1. The van der Waals surface area contributed by atoms with E-state index in [9.17, 15) is 9.59 Å². The highest BCUT2D eigenvalue weighted by Gasteiger charge is 2.15. The Morgan fingerprint density at radius 3 is 2.42 bits per heavy atom. The summed E-state index contributed by atoms with van der Waals surface area (Å²) in [6.07, 6.45) is 2.25. The van der Waals surface area contributed by atoms with Crippen molar-refractivity contribution in [3.63, 3.8) is 0 Å². The number of aromatic nitrogens is 1. The molecule has 0 fully saturated rings. The number of carbonyl (C=O) groups is 2. The smallest absolute Gasteiger partial charge is 0.269 e. The predicted molar refractivity (Wildman–Crippen MR) is 141 cm³/mol. The molecule has 1 heterocycles. The molecule has 36 heavy (non-hydrogen) atoms. The van der Waals surface area contributed by atoms with Gasteiger partial charge in [-0.15, -0.1) is 0 Å². The molecule has 8 N–H and O–H groups in total. The SMILES string of the molecule is CCc1ccc(C(CN)NC(=O)/C(N)=C/N(N)CCNC(=O)c2cccc(-c3ccccc3)n2)cc1. The van der Waals surface area contributed by atoms with Crippen LogP contribution in [0.4, 0.5) is 0 Å². The molecule has 9 nitrogen and oxygen atoms in total. The monoisotopic (exact) mass is 487 g/mol. The molecule has 3 aromatic rings. The summed E-state index contributed by atoms with van der Waals surface area (Å²) in [7, 11) is 0. The number of carbonyl (C=O) groups excluding carboxylic acids is 2. The molecule has 188 valence electrons. The Morgan fingerprint density at radius 1 is 1.03 bits per heavy atom. The molecule has 1 aromatic heterocycles. The van der Waals surface area contributed by atoms with Gasteiger partial charge in [0.1, 0.15) is 11.4 Å². The van der Waals surface area contributed by atoms with Crippen molar-refractivity contribution in [2.24, 2.45) is 17.3 Å². The van der Waals surface area contributed by atoms with Crippen molar-refractivity contribution in [2.45, 2.75) is 19.4 Å². The molecule has 1 atom stereocenters. The van der Waals surface area contributed by atoms with Gasteiger partial charge in [-0.3, -0.25) is 9.59 Å². The molecule has 0 spiro atoms. The number of hydrogen-bond acceptors (Lipinski definition) is 7. The molecule has 0 saturated carbocycles. The van der Waals surface area contributed by atoms with Gasteiger partial charge in [-0.1, -0.05) is 67.6 Å². The second-order valence-corrected chi connectivity index (χ2v) is 8.21. The number of benzene rings is 2. The molecular weight excluding hydrogens is 454 g/mol. The number of hydrogen-bond donors (Lipinski definition) is 5. The van der Waals surface area contributed by atoms with Crippen molar-refractivity contribution >= 4 is 11.8 Å². The number of nitrogens with one attached hydrogen (secondary N) is 2. The van der Waals surface area contributed by atoms with E-state index in [1.54, 1.807) is 12.1 Å². The molecule has 2 aromatic carbocycles. The summed E-state index contributed by atoms with van der Waals surface area (Å²) >= 11 is 0. The number of hydrazine groups is 1. The predicted octanol–water partition coefficient (Wildman–Crippen LogP) is 1.83. The third-order valence-corrected chi connectivity index (χ3v) is 5.61. The number of nitrogens with two attached hydrogens (primary N) is 3. The van der Waals surface area contributed by atoms with E-state index in [2.05, 4.69) is 22.5 Å². The fourth-order valence-corrected chi connectivity index (χ4v) is 3.53. The number of aryl methyl sites for hydroxylation is 1. The van der Waals surface area contributed by atoms with Gasteiger partial charge >= 0.3 is 0 Å². The zero-order chi connectivity index (χ0) is 25.9. The van der Waals surface area contributed by atoms with Gasteiger partial charge in [-0.25, -0.2) is 10.8 Å². The van der Waals surface area contributed by atoms with Crippen LogP contribution in [0.15, 0.2) is 84.7 Å². The largest absolute Gasteiger partial charge is 0.393 e. The summed E-state index contributed by atoms with van der Waals surface area (Å²) in [5.41, 5.74) is 15.7. The van der Waals surface area contributed by atoms with E-state index in [4.69, 9.17) is 17.3 Å². The molecule has 0 aliphatic heterocycles. The number of amides is 2. The molecule has 0 bridgehead atoms. The maximum atomic E-state index is 12.5. The van der Waals surface area contributed by atoms with Crippen LogP contribution in [0.2, 0.25) is 0 Å². The van der Waals surface area contributed by atoms with Crippen LogP contribution in [0, 0.1) is 0 Å². The van der Waals surface area contributed by atoms with Gasteiger partial charge in [0.05, 0.1) is 18.3 Å². The van der Waals surface area contributed by atoms with Crippen molar-refractivity contribution in [3.8, 4) is 11.3 Å². The van der Waals surface area contributed by atoms with E-state index < -0.39 is 5.91 Å². The van der Waals surface area contributed by atoms with Crippen LogP contribution in [0.25, 0.3) is 11.3 Å².